The molecule has 1 aliphatic carbocycles. The zero-order valence-electron chi connectivity index (χ0n) is 12.3. The second-order valence-corrected chi connectivity index (χ2v) is 5.51. The van der Waals surface area contributed by atoms with Gasteiger partial charge < -0.3 is 4.90 Å². The third-order valence-electron chi connectivity index (χ3n) is 4.12. The number of aryl methyl sites for hydroxylation is 1. The van der Waals surface area contributed by atoms with Crippen LogP contribution in [-0.2, 0) is 11.3 Å². The van der Waals surface area contributed by atoms with Crippen LogP contribution in [0.5, 0.6) is 0 Å². The fraction of sp³-hybridized carbons (Fsp3) is 0.438. The molecule has 2 atom stereocenters. The lowest BCUT2D eigenvalue weighted by atomic mass is 10.1. The van der Waals surface area contributed by atoms with Crippen LogP contribution in [0.1, 0.15) is 36.2 Å². The van der Waals surface area contributed by atoms with Crippen molar-refractivity contribution in [3.63, 3.8) is 0 Å². The first-order valence-electron chi connectivity index (χ1n) is 7.32. The van der Waals surface area contributed by atoms with Crippen LogP contribution in [0.15, 0.2) is 35.0 Å². The van der Waals surface area contributed by atoms with Crippen LogP contribution in [-0.4, -0.2) is 27.7 Å². The Bertz CT molecular complexity index is 623. The molecule has 21 heavy (non-hydrogen) atoms. The standard InChI is InChI=1S/C16H19N3O2/c1-3-19(10-15-11(2)17-21-18-15)16(20)14-9-13(14)12-7-5-4-6-8-12/h4-8,13-14H,3,9-10H2,1-2H3/t13-,14+/m0/s1. The Balaban J connectivity index is 1.66. The SMILES string of the molecule is CCN(Cc1nonc1C)C(=O)[C@@H]1C[C@H]1c1ccccc1. The Morgan fingerprint density at radius 3 is 2.71 bits per heavy atom. The van der Waals surface area contributed by atoms with Crippen LogP contribution in [0.2, 0.25) is 0 Å². The summed E-state index contributed by atoms with van der Waals surface area (Å²) in [6.07, 6.45) is 0.940. The molecule has 5 nitrogen and oxygen atoms in total. The molecule has 0 bridgehead atoms. The average molecular weight is 285 g/mol. The third-order valence-corrected chi connectivity index (χ3v) is 4.12. The number of rotatable bonds is 5. The molecule has 1 aromatic carbocycles. The number of amides is 1. The number of hydrogen-bond acceptors (Lipinski definition) is 4. The van der Waals surface area contributed by atoms with Gasteiger partial charge in [-0.3, -0.25) is 4.79 Å². The van der Waals surface area contributed by atoms with Gasteiger partial charge in [0.25, 0.3) is 0 Å². The van der Waals surface area contributed by atoms with Crippen molar-refractivity contribution in [1.82, 2.24) is 15.2 Å². The van der Waals surface area contributed by atoms with E-state index in [4.69, 9.17) is 4.63 Å². The van der Waals surface area contributed by atoms with E-state index in [9.17, 15) is 4.79 Å². The molecular formula is C16H19N3O2. The number of carbonyl (C=O) groups is 1. The van der Waals surface area contributed by atoms with E-state index in [-0.39, 0.29) is 11.8 Å². The number of carbonyl (C=O) groups excluding carboxylic acids is 1. The first-order valence-corrected chi connectivity index (χ1v) is 7.32. The van der Waals surface area contributed by atoms with Crippen LogP contribution >= 0.6 is 0 Å². The molecule has 2 aromatic rings. The molecule has 0 aliphatic heterocycles. The number of aromatic nitrogens is 2. The molecule has 110 valence electrons. The number of hydrogen-bond donors (Lipinski definition) is 0. The lowest BCUT2D eigenvalue weighted by Gasteiger charge is -2.19. The second kappa shape index (κ2) is 5.68. The molecule has 1 heterocycles. The lowest BCUT2D eigenvalue weighted by molar-refractivity contribution is -0.133. The molecule has 0 N–H and O–H groups in total. The maximum absolute atomic E-state index is 12.6. The summed E-state index contributed by atoms with van der Waals surface area (Å²) < 4.78 is 4.70. The molecule has 5 heteroatoms. The predicted molar refractivity (Wildman–Crippen MR) is 77.4 cm³/mol. The fourth-order valence-corrected chi connectivity index (χ4v) is 2.69. The van der Waals surface area contributed by atoms with Gasteiger partial charge in [-0.25, -0.2) is 4.63 Å². The first kappa shape index (κ1) is 13.8. The van der Waals surface area contributed by atoms with Gasteiger partial charge in [0, 0.05) is 12.5 Å². The predicted octanol–water partition coefficient (Wildman–Crippen LogP) is 2.53. The third kappa shape index (κ3) is 2.82. The summed E-state index contributed by atoms with van der Waals surface area (Å²) in [5.74, 6) is 0.672. The molecule has 3 rings (SSSR count). The van der Waals surface area contributed by atoms with Gasteiger partial charge in [0.15, 0.2) is 0 Å². The van der Waals surface area contributed by atoms with E-state index in [2.05, 4.69) is 22.4 Å². The van der Waals surface area contributed by atoms with Gasteiger partial charge in [-0.1, -0.05) is 40.6 Å². The molecule has 1 aliphatic rings. The number of nitrogens with zero attached hydrogens (tertiary/aromatic N) is 3. The van der Waals surface area contributed by atoms with Crippen molar-refractivity contribution in [2.75, 3.05) is 6.54 Å². The quantitative estimate of drug-likeness (QED) is 0.847. The van der Waals surface area contributed by atoms with E-state index in [0.29, 0.717) is 19.0 Å². The van der Waals surface area contributed by atoms with Crippen molar-refractivity contribution in [2.45, 2.75) is 32.7 Å². The minimum atomic E-state index is 0.104. The topological polar surface area (TPSA) is 59.2 Å². The molecule has 1 aromatic heterocycles. The van der Waals surface area contributed by atoms with Crippen molar-refractivity contribution in [3.8, 4) is 0 Å². The summed E-state index contributed by atoms with van der Waals surface area (Å²) in [6.45, 7) is 4.97. The van der Waals surface area contributed by atoms with Gasteiger partial charge in [0.2, 0.25) is 5.91 Å². The lowest BCUT2D eigenvalue weighted by Crippen LogP contribution is -2.32. The molecule has 0 unspecified atom stereocenters. The van der Waals surface area contributed by atoms with E-state index < -0.39 is 0 Å². The largest absolute Gasteiger partial charge is 0.337 e. The monoisotopic (exact) mass is 285 g/mol. The van der Waals surface area contributed by atoms with Gasteiger partial charge in [0.1, 0.15) is 11.4 Å². The van der Waals surface area contributed by atoms with Crippen LogP contribution in [0.25, 0.3) is 0 Å². The maximum Gasteiger partial charge on any atom is 0.226 e. The van der Waals surface area contributed by atoms with Crippen molar-refractivity contribution in [1.29, 1.82) is 0 Å². The summed E-state index contributed by atoms with van der Waals surface area (Å²) >= 11 is 0. The normalized spacial score (nSPS) is 20.3. The van der Waals surface area contributed by atoms with E-state index in [1.165, 1.54) is 5.56 Å². The van der Waals surface area contributed by atoms with Gasteiger partial charge in [-0.2, -0.15) is 0 Å². The Morgan fingerprint density at radius 1 is 1.33 bits per heavy atom. The van der Waals surface area contributed by atoms with Crippen molar-refractivity contribution >= 4 is 5.91 Å². The van der Waals surface area contributed by atoms with Crippen LogP contribution in [0.4, 0.5) is 0 Å². The zero-order valence-corrected chi connectivity index (χ0v) is 12.3. The smallest absolute Gasteiger partial charge is 0.226 e. The first-order chi connectivity index (χ1) is 10.2. The van der Waals surface area contributed by atoms with Gasteiger partial charge in [0.05, 0.1) is 6.54 Å². The summed E-state index contributed by atoms with van der Waals surface area (Å²) in [5, 5.41) is 7.63. The van der Waals surface area contributed by atoms with Crippen molar-refractivity contribution in [3.05, 3.63) is 47.3 Å². The minimum absolute atomic E-state index is 0.104. The Hall–Kier alpha value is -2.17. The van der Waals surface area contributed by atoms with E-state index in [1.807, 2.05) is 36.9 Å². The van der Waals surface area contributed by atoms with Crippen LogP contribution < -0.4 is 0 Å². The molecule has 1 saturated carbocycles. The number of benzene rings is 1. The Kier molecular flexibility index (Phi) is 3.73. The van der Waals surface area contributed by atoms with Gasteiger partial charge in [-0.05, 0) is 31.7 Å². The van der Waals surface area contributed by atoms with Gasteiger partial charge in [-0.15, -0.1) is 0 Å². The zero-order chi connectivity index (χ0) is 14.8. The van der Waals surface area contributed by atoms with Crippen LogP contribution in [0, 0.1) is 12.8 Å². The summed E-state index contributed by atoms with van der Waals surface area (Å²) in [6, 6.07) is 10.2. The molecule has 0 radical (unpaired) electrons. The molecule has 0 saturated heterocycles. The molecule has 1 amide bonds. The van der Waals surface area contributed by atoms with E-state index in [1.54, 1.807) is 0 Å². The molecular weight excluding hydrogens is 266 g/mol. The van der Waals surface area contributed by atoms with Gasteiger partial charge >= 0.3 is 0 Å². The summed E-state index contributed by atoms with van der Waals surface area (Å²) in [5.41, 5.74) is 2.74. The molecule has 1 fully saturated rings. The maximum atomic E-state index is 12.6. The summed E-state index contributed by atoms with van der Waals surface area (Å²) in [7, 11) is 0. The highest BCUT2D eigenvalue weighted by molar-refractivity contribution is 5.83. The van der Waals surface area contributed by atoms with Crippen molar-refractivity contribution in [2.24, 2.45) is 5.92 Å². The van der Waals surface area contributed by atoms with Crippen molar-refractivity contribution < 1.29 is 9.42 Å². The highest BCUT2D eigenvalue weighted by Crippen LogP contribution is 2.48. The Labute approximate surface area is 123 Å². The summed E-state index contributed by atoms with van der Waals surface area (Å²) in [4.78, 5) is 14.4. The van der Waals surface area contributed by atoms with E-state index >= 15 is 0 Å². The highest BCUT2D eigenvalue weighted by atomic mass is 16.6. The molecule has 0 spiro atoms. The minimum Gasteiger partial charge on any atom is -0.337 e. The fourth-order valence-electron chi connectivity index (χ4n) is 2.69. The highest BCUT2D eigenvalue weighted by Gasteiger charge is 2.45. The second-order valence-electron chi connectivity index (χ2n) is 5.51. The van der Waals surface area contributed by atoms with E-state index in [0.717, 1.165) is 17.8 Å². The average Bonchev–Trinajstić information content (AvgIpc) is 3.22. The van der Waals surface area contributed by atoms with Crippen LogP contribution in [0.3, 0.4) is 0 Å². The Morgan fingerprint density at radius 2 is 2.10 bits per heavy atom.